The zero-order chi connectivity index (χ0) is 13.0. The van der Waals surface area contributed by atoms with Crippen molar-refractivity contribution in [1.82, 2.24) is 10.3 Å². The highest BCUT2D eigenvalue weighted by molar-refractivity contribution is 7.11. The Bertz CT molecular complexity index is 505. The molecule has 1 N–H and O–H groups in total. The smallest absolute Gasteiger partial charge is 0.0971 e. The van der Waals surface area contributed by atoms with Gasteiger partial charge in [0.25, 0.3) is 0 Å². The second kappa shape index (κ2) is 6.12. The number of aromatic nitrogens is 1. The predicted molar refractivity (Wildman–Crippen MR) is 78.3 cm³/mol. The van der Waals surface area contributed by atoms with Gasteiger partial charge >= 0.3 is 0 Å². The van der Waals surface area contributed by atoms with Gasteiger partial charge in [0.1, 0.15) is 0 Å². The van der Waals surface area contributed by atoms with Gasteiger partial charge in [-0.1, -0.05) is 24.3 Å². The van der Waals surface area contributed by atoms with Crippen LogP contribution in [0.15, 0.2) is 30.5 Å². The predicted octanol–water partition coefficient (Wildman–Crippen LogP) is 3.19. The van der Waals surface area contributed by atoms with Crippen LogP contribution in [0.2, 0.25) is 0 Å². The average Bonchev–Trinajstić information content (AvgIpc) is 2.79. The highest BCUT2D eigenvalue weighted by Crippen LogP contribution is 2.19. The Labute approximate surface area is 113 Å². The summed E-state index contributed by atoms with van der Waals surface area (Å²) < 4.78 is 0. The molecule has 0 bridgehead atoms. The molecule has 18 heavy (non-hydrogen) atoms. The van der Waals surface area contributed by atoms with Crippen LogP contribution in [-0.4, -0.2) is 18.1 Å². The van der Waals surface area contributed by atoms with Gasteiger partial charge in [-0.2, -0.15) is 0 Å². The van der Waals surface area contributed by atoms with Crippen LogP contribution in [0.5, 0.6) is 0 Å². The lowest BCUT2D eigenvalue weighted by Crippen LogP contribution is -2.22. The average molecular weight is 260 g/mol. The number of rotatable bonds is 5. The van der Waals surface area contributed by atoms with Gasteiger partial charge in [-0.3, -0.25) is 0 Å². The molecule has 0 saturated heterocycles. The van der Waals surface area contributed by atoms with Gasteiger partial charge in [0, 0.05) is 23.5 Å². The minimum Gasteiger partial charge on any atom is -0.317 e. The zero-order valence-corrected chi connectivity index (χ0v) is 12.1. The number of hydrogen-bond donors (Lipinski definition) is 1. The Hall–Kier alpha value is -1.19. The van der Waals surface area contributed by atoms with E-state index in [0.717, 1.165) is 12.8 Å². The van der Waals surface area contributed by atoms with E-state index in [9.17, 15) is 0 Å². The van der Waals surface area contributed by atoms with Crippen molar-refractivity contribution in [3.8, 4) is 0 Å². The van der Waals surface area contributed by atoms with Crippen LogP contribution in [0.25, 0.3) is 0 Å². The first-order valence-corrected chi connectivity index (χ1v) is 7.16. The molecule has 0 saturated carbocycles. The molecule has 2 aromatic rings. The Morgan fingerprint density at radius 1 is 1.33 bits per heavy atom. The van der Waals surface area contributed by atoms with Crippen molar-refractivity contribution in [1.29, 1.82) is 0 Å². The third kappa shape index (κ3) is 3.40. The number of nitrogens with zero attached hydrogens (tertiary/aromatic N) is 1. The molecule has 1 aromatic heterocycles. The molecule has 1 unspecified atom stereocenters. The lowest BCUT2D eigenvalue weighted by molar-refractivity contribution is 0.612. The summed E-state index contributed by atoms with van der Waals surface area (Å²) >= 11 is 1.83. The second-order valence-electron chi connectivity index (χ2n) is 4.72. The lowest BCUT2D eigenvalue weighted by atomic mass is 10.1. The molecule has 0 aliphatic rings. The summed E-state index contributed by atoms with van der Waals surface area (Å²) in [5, 5.41) is 4.47. The van der Waals surface area contributed by atoms with E-state index in [1.165, 1.54) is 21.0 Å². The Morgan fingerprint density at radius 3 is 2.83 bits per heavy atom. The number of likely N-dealkylation sites (N-methyl/N-ethyl adjacent to an activating group) is 1. The number of aryl methyl sites for hydroxylation is 1. The van der Waals surface area contributed by atoms with Gasteiger partial charge in [0.05, 0.1) is 5.01 Å². The van der Waals surface area contributed by atoms with Crippen LogP contribution in [0.3, 0.4) is 0 Å². The van der Waals surface area contributed by atoms with Gasteiger partial charge in [-0.25, -0.2) is 4.98 Å². The Balaban J connectivity index is 2.05. The first kappa shape index (κ1) is 13.2. The van der Waals surface area contributed by atoms with E-state index in [0.29, 0.717) is 6.04 Å². The maximum Gasteiger partial charge on any atom is 0.0971 e. The van der Waals surface area contributed by atoms with Crippen LogP contribution < -0.4 is 5.32 Å². The summed E-state index contributed by atoms with van der Waals surface area (Å²) in [6.07, 6.45) is 4.03. The maximum absolute atomic E-state index is 4.53. The number of nitrogens with one attached hydrogen (secondary N) is 1. The molecule has 0 fully saturated rings. The van der Waals surface area contributed by atoms with Crippen molar-refractivity contribution in [2.24, 2.45) is 0 Å². The second-order valence-corrected chi connectivity index (χ2v) is 5.92. The highest BCUT2D eigenvalue weighted by atomic mass is 32.1. The summed E-state index contributed by atoms with van der Waals surface area (Å²) in [6.45, 7) is 4.35. The van der Waals surface area contributed by atoms with Crippen molar-refractivity contribution in [3.63, 3.8) is 0 Å². The fourth-order valence-corrected chi connectivity index (χ4v) is 2.97. The summed E-state index contributed by atoms with van der Waals surface area (Å²) in [5.41, 5.74) is 2.72. The monoisotopic (exact) mass is 260 g/mol. The van der Waals surface area contributed by atoms with Crippen LogP contribution in [-0.2, 0) is 12.8 Å². The van der Waals surface area contributed by atoms with Crippen LogP contribution >= 0.6 is 11.3 Å². The first-order chi connectivity index (χ1) is 8.69. The summed E-state index contributed by atoms with van der Waals surface area (Å²) in [7, 11) is 2.00. The van der Waals surface area contributed by atoms with Crippen molar-refractivity contribution in [3.05, 3.63) is 51.5 Å². The standard InChI is InChI=1S/C15H20N2S/c1-11-6-4-5-7-13(11)9-15-17-10-14(18-15)8-12(2)16-3/h4-7,10,12,16H,8-9H2,1-3H3. The van der Waals surface area contributed by atoms with E-state index >= 15 is 0 Å². The van der Waals surface area contributed by atoms with Crippen LogP contribution in [0, 0.1) is 6.92 Å². The van der Waals surface area contributed by atoms with E-state index in [2.05, 4.69) is 48.4 Å². The van der Waals surface area contributed by atoms with Crippen molar-refractivity contribution in [2.75, 3.05) is 7.05 Å². The molecule has 1 aromatic carbocycles. The van der Waals surface area contributed by atoms with Crippen LogP contribution in [0.1, 0.15) is 27.9 Å². The molecule has 2 rings (SSSR count). The number of hydrogen-bond acceptors (Lipinski definition) is 3. The van der Waals surface area contributed by atoms with Gasteiger partial charge in [-0.05, 0) is 38.4 Å². The number of benzene rings is 1. The van der Waals surface area contributed by atoms with Gasteiger partial charge in [0.2, 0.25) is 0 Å². The van der Waals surface area contributed by atoms with E-state index in [1.807, 2.05) is 24.6 Å². The zero-order valence-electron chi connectivity index (χ0n) is 11.2. The van der Waals surface area contributed by atoms with Gasteiger partial charge < -0.3 is 5.32 Å². The SMILES string of the molecule is CNC(C)Cc1cnc(Cc2ccccc2C)s1. The number of thiazole rings is 1. The third-order valence-corrected chi connectivity index (χ3v) is 4.22. The highest BCUT2D eigenvalue weighted by Gasteiger charge is 2.07. The van der Waals surface area contributed by atoms with E-state index in [-0.39, 0.29) is 0 Å². The molecule has 3 heteroatoms. The van der Waals surface area contributed by atoms with E-state index < -0.39 is 0 Å². The lowest BCUT2D eigenvalue weighted by Gasteiger charge is -2.06. The Morgan fingerprint density at radius 2 is 2.11 bits per heavy atom. The summed E-state index contributed by atoms with van der Waals surface area (Å²) in [4.78, 5) is 5.89. The van der Waals surface area contributed by atoms with Crippen molar-refractivity contribution in [2.45, 2.75) is 32.7 Å². The molecule has 1 heterocycles. The fraction of sp³-hybridized carbons (Fsp3) is 0.400. The first-order valence-electron chi connectivity index (χ1n) is 6.34. The van der Waals surface area contributed by atoms with Crippen LogP contribution in [0.4, 0.5) is 0 Å². The largest absolute Gasteiger partial charge is 0.317 e. The topological polar surface area (TPSA) is 24.9 Å². The van der Waals surface area contributed by atoms with E-state index in [1.54, 1.807) is 0 Å². The Kier molecular flexibility index (Phi) is 4.50. The molecule has 0 aliphatic carbocycles. The minimum absolute atomic E-state index is 0.511. The third-order valence-electron chi connectivity index (χ3n) is 3.20. The molecule has 1 atom stereocenters. The van der Waals surface area contributed by atoms with Gasteiger partial charge in [0.15, 0.2) is 0 Å². The molecule has 2 nitrogen and oxygen atoms in total. The maximum atomic E-state index is 4.53. The van der Waals surface area contributed by atoms with Crippen molar-refractivity contribution >= 4 is 11.3 Å². The molecule has 0 spiro atoms. The molecule has 0 aliphatic heterocycles. The van der Waals surface area contributed by atoms with Crippen molar-refractivity contribution < 1.29 is 0 Å². The molecular formula is C15H20N2S. The van der Waals surface area contributed by atoms with Gasteiger partial charge in [-0.15, -0.1) is 11.3 Å². The van der Waals surface area contributed by atoms with E-state index in [4.69, 9.17) is 0 Å². The summed E-state index contributed by atoms with van der Waals surface area (Å²) in [5.74, 6) is 0. The molecule has 96 valence electrons. The fourth-order valence-electron chi connectivity index (χ4n) is 1.90. The molecule has 0 amide bonds. The quantitative estimate of drug-likeness (QED) is 0.893. The normalized spacial score (nSPS) is 12.6. The molecule has 0 radical (unpaired) electrons. The molecular weight excluding hydrogens is 240 g/mol. The minimum atomic E-state index is 0.511. The summed E-state index contributed by atoms with van der Waals surface area (Å²) in [6, 6.07) is 9.04.